The molecule has 23 heavy (non-hydrogen) atoms. The van der Waals surface area contributed by atoms with Gasteiger partial charge in [-0.15, -0.1) is 0 Å². The van der Waals surface area contributed by atoms with E-state index in [4.69, 9.17) is 9.84 Å². The number of aromatic nitrogens is 1. The van der Waals surface area contributed by atoms with Crippen LogP contribution in [0, 0.1) is 5.92 Å². The smallest absolute Gasteiger partial charge is 0.405 e. The third kappa shape index (κ3) is 4.84. The quantitative estimate of drug-likeness (QED) is 0.862. The number of hydrogen-bond donors (Lipinski definition) is 2. The number of hydrogen-bond acceptors (Lipinski definition) is 4. The third-order valence-corrected chi connectivity index (χ3v) is 3.92. The zero-order valence-electron chi connectivity index (χ0n) is 13.4. The van der Waals surface area contributed by atoms with Gasteiger partial charge in [0.2, 0.25) is 5.91 Å². The highest BCUT2D eigenvalue weighted by Gasteiger charge is 2.31. The molecule has 0 bridgehead atoms. The summed E-state index contributed by atoms with van der Waals surface area (Å²) >= 11 is 0. The molecule has 7 heteroatoms. The molecule has 1 aliphatic rings. The van der Waals surface area contributed by atoms with Crippen molar-refractivity contribution in [1.82, 2.24) is 15.2 Å². The fraction of sp³-hybridized carbons (Fsp3) is 0.562. The molecular weight excluding hydrogens is 298 g/mol. The number of carbonyl (C=O) groups excluding carboxylic acids is 1. The van der Waals surface area contributed by atoms with Crippen LogP contribution in [0.3, 0.4) is 0 Å². The molecule has 0 spiro atoms. The average molecular weight is 321 g/mol. The Bertz CT molecular complexity index is 527. The first-order valence-corrected chi connectivity index (χ1v) is 7.82. The minimum atomic E-state index is -1.17. The Labute approximate surface area is 135 Å². The Kier molecular flexibility index (Phi) is 5.78. The summed E-state index contributed by atoms with van der Waals surface area (Å²) in [6.45, 7) is 4.80. The van der Waals surface area contributed by atoms with Gasteiger partial charge in [0.1, 0.15) is 17.9 Å². The number of nitrogens with one attached hydrogen (secondary N) is 1. The standard InChI is InChI=1S/C16H23N3O4/c1-11(2)14(18-16(21)22)15(20)19-9-5-13(6-10-19)23-12-3-7-17-8-4-12/h3-4,7-8,11,13-14,18H,5-6,9-10H2,1-2H3,(H,21,22)/t14-/m0/s1. The second-order valence-electron chi connectivity index (χ2n) is 6.00. The van der Waals surface area contributed by atoms with Gasteiger partial charge in [-0.2, -0.15) is 0 Å². The summed E-state index contributed by atoms with van der Waals surface area (Å²) in [5.74, 6) is 0.520. The van der Waals surface area contributed by atoms with Crippen LogP contribution in [0.5, 0.6) is 5.75 Å². The van der Waals surface area contributed by atoms with Crippen LogP contribution in [-0.4, -0.2) is 52.2 Å². The molecule has 1 atom stereocenters. The van der Waals surface area contributed by atoms with Gasteiger partial charge in [0.15, 0.2) is 0 Å². The van der Waals surface area contributed by atoms with Gasteiger partial charge in [-0.1, -0.05) is 13.8 Å². The van der Waals surface area contributed by atoms with E-state index in [1.807, 2.05) is 26.0 Å². The monoisotopic (exact) mass is 321 g/mol. The zero-order valence-corrected chi connectivity index (χ0v) is 13.4. The number of pyridine rings is 1. The molecule has 1 aromatic rings. The molecule has 1 aliphatic heterocycles. The third-order valence-electron chi connectivity index (χ3n) is 3.92. The van der Waals surface area contributed by atoms with E-state index in [-0.39, 0.29) is 17.9 Å². The Hall–Kier alpha value is -2.31. The molecule has 126 valence electrons. The molecule has 1 saturated heterocycles. The number of carbonyl (C=O) groups is 2. The lowest BCUT2D eigenvalue weighted by Gasteiger charge is -2.35. The molecule has 0 saturated carbocycles. The minimum Gasteiger partial charge on any atom is -0.490 e. The number of carboxylic acid groups (broad SMARTS) is 1. The normalized spacial score (nSPS) is 16.9. The van der Waals surface area contributed by atoms with Crippen molar-refractivity contribution in [2.45, 2.75) is 38.8 Å². The Morgan fingerprint density at radius 3 is 2.43 bits per heavy atom. The van der Waals surface area contributed by atoms with Crippen LogP contribution in [0.4, 0.5) is 4.79 Å². The number of ether oxygens (including phenoxy) is 1. The van der Waals surface area contributed by atoms with Crippen molar-refractivity contribution in [2.24, 2.45) is 5.92 Å². The van der Waals surface area contributed by atoms with Crippen molar-refractivity contribution in [3.63, 3.8) is 0 Å². The highest BCUT2D eigenvalue weighted by molar-refractivity contribution is 5.85. The molecule has 0 radical (unpaired) electrons. The van der Waals surface area contributed by atoms with Gasteiger partial charge in [-0.25, -0.2) is 4.79 Å². The number of piperidine rings is 1. The summed E-state index contributed by atoms with van der Waals surface area (Å²) in [7, 11) is 0. The largest absolute Gasteiger partial charge is 0.490 e. The summed E-state index contributed by atoms with van der Waals surface area (Å²) in [6.07, 6.45) is 3.70. The lowest BCUT2D eigenvalue weighted by atomic mass is 10.0. The maximum Gasteiger partial charge on any atom is 0.405 e. The minimum absolute atomic E-state index is 0.0615. The maximum atomic E-state index is 12.5. The highest BCUT2D eigenvalue weighted by Crippen LogP contribution is 2.19. The van der Waals surface area contributed by atoms with Gasteiger partial charge < -0.3 is 20.1 Å². The molecule has 2 heterocycles. The van der Waals surface area contributed by atoms with Gasteiger partial charge in [0.05, 0.1) is 0 Å². The van der Waals surface area contributed by atoms with Crippen LogP contribution >= 0.6 is 0 Å². The van der Waals surface area contributed by atoms with Crippen LogP contribution in [0.15, 0.2) is 24.5 Å². The molecule has 0 aromatic carbocycles. The van der Waals surface area contributed by atoms with E-state index in [9.17, 15) is 9.59 Å². The SMILES string of the molecule is CC(C)[C@H](NC(=O)O)C(=O)N1CCC(Oc2ccncc2)CC1. The van der Waals surface area contributed by atoms with E-state index in [1.165, 1.54) is 0 Å². The molecule has 1 fully saturated rings. The number of nitrogens with zero attached hydrogens (tertiary/aromatic N) is 2. The van der Waals surface area contributed by atoms with E-state index >= 15 is 0 Å². The van der Waals surface area contributed by atoms with E-state index in [1.54, 1.807) is 17.3 Å². The summed E-state index contributed by atoms with van der Waals surface area (Å²) in [5, 5.41) is 11.2. The zero-order chi connectivity index (χ0) is 16.8. The van der Waals surface area contributed by atoms with Gasteiger partial charge in [-0.05, 0) is 18.1 Å². The Morgan fingerprint density at radius 1 is 1.30 bits per heavy atom. The lowest BCUT2D eigenvalue weighted by molar-refractivity contribution is -0.136. The van der Waals surface area contributed by atoms with Gasteiger partial charge in [-0.3, -0.25) is 9.78 Å². The van der Waals surface area contributed by atoms with Crippen molar-refractivity contribution in [3.05, 3.63) is 24.5 Å². The van der Waals surface area contributed by atoms with E-state index in [0.29, 0.717) is 13.1 Å². The molecule has 0 aliphatic carbocycles. The fourth-order valence-corrected chi connectivity index (χ4v) is 2.65. The summed E-state index contributed by atoms with van der Waals surface area (Å²) in [6, 6.07) is 2.91. The van der Waals surface area contributed by atoms with Crippen LogP contribution in [0.2, 0.25) is 0 Å². The van der Waals surface area contributed by atoms with Crippen LogP contribution in [-0.2, 0) is 4.79 Å². The van der Waals surface area contributed by atoms with Crippen molar-refractivity contribution < 1.29 is 19.4 Å². The predicted molar refractivity (Wildman–Crippen MR) is 84.3 cm³/mol. The van der Waals surface area contributed by atoms with E-state index in [2.05, 4.69) is 10.3 Å². The van der Waals surface area contributed by atoms with Crippen molar-refractivity contribution in [3.8, 4) is 5.75 Å². The van der Waals surface area contributed by atoms with E-state index < -0.39 is 12.1 Å². The van der Waals surface area contributed by atoms with Crippen LogP contribution in [0.25, 0.3) is 0 Å². The number of amides is 2. The van der Waals surface area contributed by atoms with Crippen molar-refractivity contribution in [2.75, 3.05) is 13.1 Å². The fourth-order valence-electron chi connectivity index (χ4n) is 2.65. The first kappa shape index (κ1) is 17.1. The van der Waals surface area contributed by atoms with Gasteiger partial charge >= 0.3 is 6.09 Å². The first-order chi connectivity index (χ1) is 11.0. The van der Waals surface area contributed by atoms with E-state index in [0.717, 1.165) is 18.6 Å². The molecule has 7 nitrogen and oxygen atoms in total. The molecule has 2 amide bonds. The maximum absolute atomic E-state index is 12.5. The Balaban J connectivity index is 1.87. The summed E-state index contributed by atoms with van der Waals surface area (Å²) < 4.78 is 5.87. The summed E-state index contributed by atoms with van der Waals surface area (Å²) in [5.41, 5.74) is 0. The average Bonchev–Trinajstić information content (AvgIpc) is 2.53. The van der Waals surface area contributed by atoms with Gasteiger partial charge in [0, 0.05) is 38.3 Å². The lowest BCUT2D eigenvalue weighted by Crippen LogP contribution is -2.53. The molecule has 1 aromatic heterocycles. The van der Waals surface area contributed by atoms with Crippen molar-refractivity contribution >= 4 is 12.0 Å². The molecule has 2 rings (SSSR count). The van der Waals surface area contributed by atoms with Crippen LogP contribution < -0.4 is 10.1 Å². The predicted octanol–water partition coefficient (Wildman–Crippen LogP) is 1.74. The molecule has 2 N–H and O–H groups in total. The second-order valence-corrected chi connectivity index (χ2v) is 6.00. The van der Waals surface area contributed by atoms with Gasteiger partial charge in [0.25, 0.3) is 0 Å². The number of rotatable bonds is 5. The number of likely N-dealkylation sites (tertiary alicyclic amines) is 1. The summed E-state index contributed by atoms with van der Waals surface area (Å²) in [4.78, 5) is 29.0. The first-order valence-electron chi connectivity index (χ1n) is 7.82. The Morgan fingerprint density at radius 2 is 1.91 bits per heavy atom. The highest BCUT2D eigenvalue weighted by atomic mass is 16.5. The molecule has 0 unspecified atom stereocenters. The second kappa shape index (κ2) is 7.80. The van der Waals surface area contributed by atoms with Crippen molar-refractivity contribution in [1.29, 1.82) is 0 Å². The topological polar surface area (TPSA) is 91.8 Å². The molecular formula is C16H23N3O4. The van der Waals surface area contributed by atoms with Crippen LogP contribution in [0.1, 0.15) is 26.7 Å².